The van der Waals surface area contributed by atoms with E-state index in [0.717, 1.165) is 25.7 Å². The van der Waals surface area contributed by atoms with Crippen LogP contribution in [0.4, 0.5) is 0 Å². The molecule has 1 aromatic carbocycles. The van der Waals surface area contributed by atoms with Crippen molar-refractivity contribution in [3.05, 3.63) is 30.3 Å². The fourth-order valence-corrected chi connectivity index (χ4v) is 3.42. The summed E-state index contributed by atoms with van der Waals surface area (Å²) in [5.74, 6) is 2.59. The first-order chi connectivity index (χ1) is 7.74. The van der Waals surface area contributed by atoms with E-state index < -0.39 is 5.60 Å². The van der Waals surface area contributed by atoms with Gasteiger partial charge in [0, 0.05) is 10.1 Å². The minimum absolute atomic E-state index is 0.133. The normalized spacial score (nSPS) is 29.6. The summed E-state index contributed by atoms with van der Waals surface area (Å²) in [4.78, 5) is 1.18. The second-order valence-corrected chi connectivity index (χ2v) is 5.51. The van der Waals surface area contributed by atoms with Gasteiger partial charge < -0.3 is 5.11 Å². The quantitative estimate of drug-likeness (QED) is 0.791. The lowest BCUT2D eigenvalue weighted by atomic mass is 9.85. The maximum Gasteiger partial charge on any atom is 0.137 e. The van der Waals surface area contributed by atoms with Crippen LogP contribution in [0.25, 0.3) is 0 Å². The van der Waals surface area contributed by atoms with Crippen LogP contribution in [-0.4, -0.2) is 16.0 Å². The van der Waals surface area contributed by atoms with Crippen LogP contribution in [0.3, 0.4) is 0 Å². The van der Waals surface area contributed by atoms with E-state index in [1.165, 1.54) is 4.90 Å². The molecule has 0 unspecified atom stereocenters. The molecule has 0 aromatic heterocycles. The Kier molecular flexibility index (Phi) is 3.58. The maximum atomic E-state index is 10.3. The summed E-state index contributed by atoms with van der Waals surface area (Å²) in [6.45, 7) is 0. The lowest BCUT2D eigenvalue weighted by Crippen LogP contribution is -2.41. The molecule has 2 atom stereocenters. The molecule has 1 aliphatic rings. The standard InChI is InChI=1S/C14H16OS/c1-2-14(15)11-7-6-10-13(14)16-12-8-4-3-5-9-12/h1,3-5,8-9,13,15H,6-7,10-11H2/t13-,14-/m0/s1. The highest BCUT2D eigenvalue weighted by Gasteiger charge is 2.37. The van der Waals surface area contributed by atoms with E-state index in [0.29, 0.717) is 0 Å². The highest BCUT2D eigenvalue weighted by molar-refractivity contribution is 8.00. The number of benzene rings is 1. The van der Waals surface area contributed by atoms with Crippen LogP contribution in [0.1, 0.15) is 25.7 Å². The smallest absolute Gasteiger partial charge is 0.137 e. The Morgan fingerprint density at radius 2 is 2.06 bits per heavy atom. The summed E-state index contributed by atoms with van der Waals surface area (Å²) in [6, 6.07) is 10.2. The van der Waals surface area contributed by atoms with Crippen LogP contribution >= 0.6 is 11.8 Å². The minimum Gasteiger partial charge on any atom is -0.376 e. The monoisotopic (exact) mass is 232 g/mol. The Morgan fingerprint density at radius 3 is 2.75 bits per heavy atom. The third-order valence-electron chi connectivity index (χ3n) is 3.08. The summed E-state index contributed by atoms with van der Waals surface area (Å²) in [7, 11) is 0. The fourth-order valence-electron chi connectivity index (χ4n) is 2.11. The number of hydrogen-bond acceptors (Lipinski definition) is 2. The molecule has 16 heavy (non-hydrogen) atoms. The average molecular weight is 232 g/mol. The maximum absolute atomic E-state index is 10.3. The van der Waals surface area contributed by atoms with E-state index in [9.17, 15) is 5.11 Å². The third kappa shape index (κ3) is 2.42. The molecule has 0 heterocycles. The van der Waals surface area contributed by atoms with E-state index in [1.54, 1.807) is 11.8 Å². The molecular weight excluding hydrogens is 216 g/mol. The Hall–Kier alpha value is -0.910. The number of hydrogen-bond donors (Lipinski definition) is 1. The molecule has 1 saturated carbocycles. The molecule has 1 aliphatic carbocycles. The lowest BCUT2D eigenvalue weighted by molar-refractivity contribution is 0.0679. The van der Waals surface area contributed by atoms with Crippen molar-refractivity contribution in [1.82, 2.24) is 0 Å². The van der Waals surface area contributed by atoms with Crippen molar-refractivity contribution in [3.63, 3.8) is 0 Å². The highest BCUT2D eigenvalue weighted by Crippen LogP contribution is 2.39. The Labute approximate surface area is 101 Å². The number of terminal acetylenes is 1. The molecule has 2 heteroatoms. The van der Waals surface area contributed by atoms with Crippen LogP contribution in [0.2, 0.25) is 0 Å². The molecule has 1 nitrogen and oxygen atoms in total. The van der Waals surface area contributed by atoms with Crippen molar-refractivity contribution in [3.8, 4) is 12.3 Å². The van der Waals surface area contributed by atoms with Crippen molar-refractivity contribution in [2.75, 3.05) is 0 Å². The zero-order valence-corrected chi connectivity index (χ0v) is 10.0. The van der Waals surface area contributed by atoms with Gasteiger partial charge in [-0.1, -0.05) is 30.5 Å². The Balaban J connectivity index is 2.11. The Morgan fingerprint density at radius 1 is 1.31 bits per heavy atom. The lowest BCUT2D eigenvalue weighted by Gasteiger charge is -2.35. The molecule has 1 N–H and O–H groups in total. The molecule has 0 amide bonds. The van der Waals surface area contributed by atoms with Crippen molar-refractivity contribution >= 4 is 11.8 Å². The van der Waals surface area contributed by atoms with Gasteiger partial charge in [-0.05, 0) is 31.4 Å². The molecule has 0 radical (unpaired) electrons. The predicted octanol–water partition coefficient (Wildman–Crippen LogP) is 3.09. The topological polar surface area (TPSA) is 20.2 Å². The van der Waals surface area contributed by atoms with Gasteiger partial charge in [0.05, 0.1) is 0 Å². The van der Waals surface area contributed by atoms with Crippen LogP contribution in [0.15, 0.2) is 35.2 Å². The van der Waals surface area contributed by atoms with E-state index in [2.05, 4.69) is 18.1 Å². The highest BCUT2D eigenvalue weighted by atomic mass is 32.2. The van der Waals surface area contributed by atoms with Crippen LogP contribution in [-0.2, 0) is 0 Å². The van der Waals surface area contributed by atoms with Gasteiger partial charge in [0.2, 0.25) is 0 Å². The molecule has 0 bridgehead atoms. The van der Waals surface area contributed by atoms with E-state index in [4.69, 9.17) is 6.42 Å². The van der Waals surface area contributed by atoms with Gasteiger partial charge in [-0.15, -0.1) is 18.2 Å². The van der Waals surface area contributed by atoms with Gasteiger partial charge in [-0.3, -0.25) is 0 Å². The molecule has 2 rings (SSSR count). The first-order valence-electron chi connectivity index (χ1n) is 5.66. The van der Waals surface area contributed by atoms with Crippen molar-refractivity contribution in [1.29, 1.82) is 0 Å². The first kappa shape index (κ1) is 11.6. The SMILES string of the molecule is C#C[C@]1(O)CCCC[C@@H]1Sc1ccccc1. The van der Waals surface area contributed by atoms with Crippen molar-refractivity contribution in [2.24, 2.45) is 0 Å². The summed E-state index contributed by atoms with van der Waals surface area (Å²) >= 11 is 1.70. The third-order valence-corrected chi connectivity index (χ3v) is 4.53. The molecule has 0 aliphatic heterocycles. The zero-order chi connectivity index (χ0) is 11.4. The zero-order valence-electron chi connectivity index (χ0n) is 9.23. The molecule has 1 aromatic rings. The second kappa shape index (κ2) is 4.95. The summed E-state index contributed by atoms with van der Waals surface area (Å²) in [6.07, 6.45) is 9.39. The van der Waals surface area contributed by atoms with Crippen molar-refractivity contribution < 1.29 is 5.11 Å². The average Bonchev–Trinajstić information content (AvgIpc) is 2.34. The van der Waals surface area contributed by atoms with Crippen molar-refractivity contribution in [2.45, 2.75) is 41.4 Å². The summed E-state index contributed by atoms with van der Waals surface area (Å²) in [5, 5.41) is 10.5. The van der Waals surface area contributed by atoms with Crippen LogP contribution in [0.5, 0.6) is 0 Å². The van der Waals surface area contributed by atoms with Crippen LogP contribution < -0.4 is 0 Å². The van der Waals surface area contributed by atoms with Gasteiger partial charge in [-0.25, -0.2) is 0 Å². The molecule has 0 saturated heterocycles. The number of aliphatic hydroxyl groups is 1. The minimum atomic E-state index is -0.918. The van der Waals surface area contributed by atoms with Gasteiger partial charge in [0.15, 0.2) is 0 Å². The van der Waals surface area contributed by atoms with E-state index in [1.807, 2.05) is 18.2 Å². The summed E-state index contributed by atoms with van der Waals surface area (Å²) in [5.41, 5.74) is -0.918. The first-order valence-corrected chi connectivity index (χ1v) is 6.54. The largest absolute Gasteiger partial charge is 0.376 e. The van der Waals surface area contributed by atoms with Crippen LogP contribution in [0, 0.1) is 12.3 Å². The van der Waals surface area contributed by atoms with Gasteiger partial charge in [0.1, 0.15) is 5.60 Å². The number of rotatable bonds is 2. The molecular formula is C14H16OS. The van der Waals surface area contributed by atoms with E-state index in [-0.39, 0.29) is 5.25 Å². The fraction of sp³-hybridized carbons (Fsp3) is 0.429. The molecule has 1 fully saturated rings. The molecule has 84 valence electrons. The predicted molar refractivity (Wildman–Crippen MR) is 68.3 cm³/mol. The van der Waals surface area contributed by atoms with Gasteiger partial charge in [-0.2, -0.15) is 0 Å². The van der Waals surface area contributed by atoms with Gasteiger partial charge in [0.25, 0.3) is 0 Å². The second-order valence-electron chi connectivity index (χ2n) is 4.23. The van der Waals surface area contributed by atoms with E-state index >= 15 is 0 Å². The molecule has 0 spiro atoms. The van der Waals surface area contributed by atoms with Gasteiger partial charge >= 0.3 is 0 Å². The summed E-state index contributed by atoms with van der Waals surface area (Å²) < 4.78 is 0. The Bertz CT molecular complexity index is 381. The number of thioether (sulfide) groups is 1.